The van der Waals surface area contributed by atoms with Crippen molar-refractivity contribution >= 4 is 39.2 Å². The normalized spacial score (nSPS) is 17.4. The first-order valence-corrected chi connectivity index (χ1v) is 11.0. The number of piperidine rings is 1. The number of carbonyl (C=O) groups is 1. The molecule has 0 N–H and O–H groups in total. The van der Waals surface area contributed by atoms with Crippen molar-refractivity contribution in [1.29, 1.82) is 0 Å². The number of aromatic nitrogens is 2. The van der Waals surface area contributed by atoms with Crippen LogP contribution in [0.3, 0.4) is 0 Å². The van der Waals surface area contributed by atoms with Crippen LogP contribution in [0.1, 0.15) is 19.8 Å². The van der Waals surface area contributed by atoms with Crippen LogP contribution in [0.2, 0.25) is 0 Å². The second-order valence-corrected chi connectivity index (χ2v) is 8.72. The van der Waals surface area contributed by atoms with Gasteiger partial charge < -0.3 is 4.90 Å². The van der Waals surface area contributed by atoms with Crippen LogP contribution < -0.4 is 5.56 Å². The zero-order valence-electron chi connectivity index (χ0n) is 15.1. The van der Waals surface area contributed by atoms with Crippen molar-refractivity contribution in [3.8, 4) is 5.69 Å². The summed E-state index contributed by atoms with van der Waals surface area (Å²) in [5.41, 5.74) is 0.679. The summed E-state index contributed by atoms with van der Waals surface area (Å²) in [6.45, 7) is 3.83. The van der Waals surface area contributed by atoms with E-state index in [2.05, 4.69) is 11.9 Å². The third-order valence-corrected chi connectivity index (χ3v) is 6.55. The van der Waals surface area contributed by atoms with E-state index in [0.29, 0.717) is 27.0 Å². The molecule has 1 amide bonds. The van der Waals surface area contributed by atoms with Crippen LogP contribution in [0.15, 0.2) is 51.7 Å². The zero-order valence-corrected chi connectivity index (χ0v) is 16.8. The van der Waals surface area contributed by atoms with E-state index in [1.807, 2.05) is 46.7 Å². The van der Waals surface area contributed by atoms with Gasteiger partial charge in [0.2, 0.25) is 5.91 Å². The molecule has 1 aliphatic rings. The van der Waals surface area contributed by atoms with Crippen molar-refractivity contribution in [3.05, 3.63) is 52.1 Å². The Morgan fingerprint density at radius 1 is 1.30 bits per heavy atom. The van der Waals surface area contributed by atoms with Gasteiger partial charge in [0.1, 0.15) is 4.83 Å². The average Bonchev–Trinajstić information content (AvgIpc) is 3.16. The lowest BCUT2D eigenvalue weighted by Crippen LogP contribution is -2.40. The molecule has 2 aromatic heterocycles. The second-order valence-electron chi connectivity index (χ2n) is 6.89. The van der Waals surface area contributed by atoms with Crippen LogP contribution >= 0.6 is 23.1 Å². The zero-order chi connectivity index (χ0) is 18.8. The minimum absolute atomic E-state index is 0.0889. The van der Waals surface area contributed by atoms with Crippen LogP contribution in [-0.4, -0.2) is 39.2 Å². The Balaban J connectivity index is 1.64. The molecule has 1 aromatic carbocycles. The number of thioether (sulfide) groups is 1. The third kappa shape index (κ3) is 3.80. The number of para-hydroxylation sites is 1. The maximum Gasteiger partial charge on any atom is 0.267 e. The van der Waals surface area contributed by atoms with Crippen molar-refractivity contribution in [2.75, 3.05) is 18.8 Å². The number of likely N-dealkylation sites (tertiary alicyclic amines) is 1. The minimum Gasteiger partial charge on any atom is -0.342 e. The van der Waals surface area contributed by atoms with Gasteiger partial charge in [0.15, 0.2) is 5.16 Å². The molecule has 5 nitrogen and oxygen atoms in total. The summed E-state index contributed by atoms with van der Waals surface area (Å²) in [7, 11) is 0. The first kappa shape index (κ1) is 18.3. The monoisotopic (exact) mass is 399 g/mol. The summed E-state index contributed by atoms with van der Waals surface area (Å²) in [5.74, 6) is 0.963. The fourth-order valence-corrected chi connectivity index (χ4v) is 5.15. The van der Waals surface area contributed by atoms with Gasteiger partial charge in [-0.15, -0.1) is 11.3 Å². The standard InChI is InChI=1S/C20H21N3O2S2/c1-14-6-5-10-22(12-14)17(24)13-27-20-21-18-16(9-11-26-18)19(25)23(20)15-7-3-2-4-8-15/h2-4,7-9,11,14H,5-6,10,12-13H2,1H3/t14-/m0/s1. The molecule has 3 heterocycles. The van der Waals surface area contributed by atoms with Crippen LogP contribution in [0.5, 0.6) is 0 Å². The highest BCUT2D eigenvalue weighted by atomic mass is 32.2. The largest absolute Gasteiger partial charge is 0.342 e. The van der Waals surface area contributed by atoms with Gasteiger partial charge >= 0.3 is 0 Å². The molecule has 1 atom stereocenters. The predicted octanol–water partition coefficient (Wildman–Crippen LogP) is 3.80. The van der Waals surface area contributed by atoms with Crippen LogP contribution in [0.25, 0.3) is 15.9 Å². The summed E-state index contributed by atoms with van der Waals surface area (Å²) in [6.07, 6.45) is 2.24. The van der Waals surface area contributed by atoms with E-state index in [1.165, 1.54) is 29.5 Å². The quantitative estimate of drug-likeness (QED) is 0.495. The van der Waals surface area contributed by atoms with Gasteiger partial charge in [-0.3, -0.25) is 14.2 Å². The topological polar surface area (TPSA) is 55.2 Å². The molecule has 0 spiro atoms. The highest BCUT2D eigenvalue weighted by Crippen LogP contribution is 2.25. The number of thiophene rings is 1. The molecule has 3 aromatic rings. The van der Waals surface area contributed by atoms with E-state index in [0.717, 1.165) is 25.2 Å². The Bertz CT molecular complexity index is 1010. The van der Waals surface area contributed by atoms with E-state index in [4.69, 9.17) is 0 Å². The van der Waals surface area contributed by atoms with E-state index in [-0.39, 0.29) is 11.5 Å². The lowest BCUT2D eigenvalue weighted by molar-refractivity contribution is -0.130. The van der Waals surface area contributed by atoms with Gasteiger partial charge in [-0.05, 0) is 42.3 Å². The Morgan fingerprint density at radius 3 is 2.89 bits per heavy atom. The predicted molar refractivity (Wildman–Crippen MR) is 111 cm³/mol. The number of rotatable bonds is 4. The van der Waals surface area contributed by atoms with Crippen molar-refractivity contribution in [2.24, 2.45) is 5.92 Å². The average molecular weight is 400 g/mol. The smallest absolute Gasteiger partial charge is 0.267 e. The Hall–Kier alpha value is -2.12. The molecule has 0 aliphatic carbocycles. The lowest BCUT2D eigenvalue weighted by atomic mass is 10.0. The number of carbonyl (C=O) groups excluding carboxylic acids is 1. The highest BCUT2D eigenvalue weighted by molar-refractivity contribution is 7.99. The Kier molecular flexibility index (Phi) is 5.31. The molecule has 0 saturated carbocycles. The number of nitrogens with zero attached hydrogens (tertiary/aromatic N) is 3. The van der Waals surface area contributed by atoms with E-state index >= 15 is 0 Å². The third-order valence-electron chi connectivity index (χ3n) is 4.82. The van der Waals surface area contributed by atoms with Crippen molar-refractivity contribution in [1.82, 2.24) is 14.5 Å². The number of hydrogen-bond donors (Lipinski definition) is 0. The molecule has 0 unspecified atom stereocenters. The molecule has 140 valence electrons. The van der Waals surface area contributed by atoms with Gasteiger partial charge in [-0.1, -0.05) is 36.9 Å². The van der Waals surface area contributed by atoms with Gasteiger partial charge in [0, 0.05) is 13.1 Å². The van der Waals surface area contributed by atoms with Crippen LogP contribution in [0, 0.1) is 5.92 Å². The fraction of sp³-hybridized carbons (Fsp3) is 0.350. The number of amides is 1. The lowest BCUT2D eigenvalue weighted by Gasteiger charge is -2.30. The maximum atomic E-state index is 13.0. The van der Waals surface area contributed by atoms with E-state index in [9.17, 15) is 9.59 Å². The van der Waals surface area contributed by atoms with Gasteiger partial charge in [0.05, 0.1) is 16.8 Å². The molecule has 27 heavy (non-hydrogen) atoms. The molecular weight excluding hydrogens is 378 g/mol. The first-order valence-electron chi connectivity index (χ1n) is 9.10. The summed E-state index contributed by atoms with van der Waals surface area (Å²) < 4.78 is 1.62. The van der Waals surface area contributed by atoms with Crippen LogP contribution in [0.4, 0.5) is 0 Å². The summed E-state index contributed by atoms with van der Waals surface area (Å²) >= 11 is 2.79. The van der Waals surface area contributed by atoms with E-state index < -0.39 is 0 Å². The summed E-state index contributed by atoms with van der Waals surface area (Å²) in [4.78, 5) is 33.0. The summed E-state index contributed by atoms with van der Waals surface area (Å²) in [5, 5.41) is 3.06. The van der Waals surface area contributed by atoms with Gasteiger partial charge in [-0.2, -0.15) is 0 Å². The Labute approximate surface area is 166 Å². The molecule has 1 fully saturated rings. The fourth-order valence-electron chi connectivity index (χ4n) is 3.43. The minimum atomic E-state index is -0.0889. The molecule has 0 radical (unpaired) electrons. The number of benzene rings is 1. The summed E-state index contributed by atoms with van der Waals surface area (Å²) in [6, 6.07) is 11.3. The molecule has 7 heteroatoms. The number of fused-ring (bicyclic) bond motifs is 1. The maximum absolute atomic E-state index is 13.0. The molecular formula is C20H21N3O2S2. The molecule has 4 rings (SSSR count). The molecule has 1 aliphatic heterocycles. The van der Waals surface area contributed by atoms with Gasteiger partial charge in [-0.25, -0.2) is 4.98 Å². The van der Waals surface area contributed by atoms with E-state index in [1.54, 1.807) is 4.57 Å². The first-order chi connectivity index (χ1) is 13.1. The SMILES string of the molecule is C[C@H]1CCCN(C(=O)CSc2nc3sccc3c(=O)n2-c2ccccc2)C1. The van der Waals surface area contributed by atoms with Gasteiger partial charge in [0.25, 0.3) is 5.56 Å². The molecule has 1 saturated heterocycles. The second kappa shape index (κ2) is 7.86. The van der Waals surface area contributed by atoms with Crippen molar-refractivity contribution in [3.63, 3.8) is 0 Å². The Morgan fingerprint density at radius 2 is 2.11 bits per heavy atom. The molecule has 0 bridgehead atoms. The van der Waals surface area contributed by atoms with Crippen LogP contribution in [-0.2, 0) is 4.79 Å². The van der Waals surface area contributed by atoms with Crippen molar-refractivity contribution < 1.29 is 4.79 Å². The highest BCUT2D eigenvalue weighted by Gasteiger charge is 2.22. The van der Waals surface area contributed by atoms with Crippen molar-refractivity contribution in [2.45, 2.75) is 24.9 Å². The number of hydrogen-bond acceptors (Lipinski definition) is 5.